The number of benzene rings is 1. The van der Waals surface area contributed by atoms with E-state index in [0.717, 1.165) is 16.7 Å². The zero-order valence-electron chi connectivity index (χ0n) is 14.6. The van der Waals surface area contributed by atoms with Gasteiger partial charge in [0.15, 0.2) is 0 Å². The van der Waals surface area contributed by atoms with Crippen LogP contribution in [0.5, 0.6) is 0 Å². The van der Waals surface area contributed by atoms with Crippen LogP contribution in [0.4, 0.5) is 0 Å². The van der Waals surface area contributed by atoms with Gasteiger partial charge in [0.05, 0.1) is 12.5 Å². The molecule has 25 heavy (non-hydrogen) atoms. The first-order chi connectivity index (χ1) is 12.1. The first-order valence-electron chi connectivity index (χ1n) is 8.53. The summed E-state index contributed by atoms with van der Waals surface area (Å²) >= 11 is 0. The molecule has 1 aromatic heterocycles. The van der Waals surface area contributed by atoms with Crippen molar-refractivity contribution in [3.8, 4) is 0 Å². The number of nitrogens with zero attached hydrogens (tertiary/aromatic N) is 2. The Labute approximate surface area is 148 Å². The predicted molar refractivity (Wildman–Crippen MR) is 95.7 cm³/mol. The van der Waals surface area contributed by atoms with Gasteiger partial charge in [0.25, 0.3) is 0 Å². The summed E-state index contributed by atoms with van der Waals surface area (Å²) in [7, 11) is 1.82. The Hall–Kier alpha value is -2.69. The van der Waals surface area contributed by atoms with E-state index in [1.807, 2.05) is 50.4 Å². The normalized spacial score (nSPS) is 19.9. The van der Waals surface area contributed by atoms with E-state index in [2.05, 4.69) is 10.3 Å². The van der Waals surface area contributed by atoms with Gasteiger partial charge in [-0.2, -0.15) is 0 Å². The van der Waals surface area contributed by atoms with Gasteiger partial charge in [0.1, 0.15) is 0 Å². The third kappa shape index (κ3) is 3.87. The highest BCUT2D eigenvalue weighted by Gasteiger charge is 2.38. The van der Waals surface area contributed by atoms with Gasteiger partial charge in [-0.1, -0.05) is 24.3 Å². The molecule has 0 saturated carbocycles. The number of aromatic nitrogens is 1. The molecule has 0 bridgehead atoms. The summed E-state index contributed by atoms with van der Waals surface area (Å²) in [6.45, 7) is 2.50. The fourth-order valence-corrected chi connectivity index (χ4v) is 3.48. The SMILES string of the molecule is Cc1ccccc1CC(=O)NC[C@@H]1CC(=O)N(C)[C@H]1c1ccncc1. The van der Waals surface area contributed by atoms with E-state index < -0.39 is 0 Å². The van der Waals surface area contributed by atoms with Crippen LogP contribution in [-0.4, -0.2) is 35.3 Å². The minimum absolute atomic E-state index is 0.00946. The Bertz CT molecular complexity index is 761. The molecule has 2 atom stereocenters. The topological polar surface area (TPSA) is 62.3 Å². The number of hydrogen-bond acceptors (Lipinski definition) is 3. The van der Waals surface area contributed by atoms with Crippen LogP contribution in [0.3, 0.4) is 0 Å². The van der Waals surface area contributed by atoms with Crippen LogP contribution in [0.25, 0.3) is 0 Å². The third-order valence-electron chi connectivity index (χ3n) is 4.92. The average Bonchev–Trinajstić information content (AvgIpc) is 2.90. The second kappa shape index (κ2) is 7.47. The van der Waals surface area contributed by atoms with Gasteiger partial charge >= 0.3 is 0 Å². The lowest BCUT2D eigenvalue weighted by molar-refractivity contribution is -0.127. The van der Waals surface area contributed by atoms with Gasteiger partial charge in [-0.15, -0.1) is 0 Å². The second-order valence-electron chi connectivity index (χ2n) is 6.60. The zero-order valence-corrected chi connectivity index (χ0v) is 14.6. The summed E-state index contributed by atoms with van der Waals surface area (Å²) < 4.78 is 0. The Morgan fingerprint density at radius 1 is 1.24 bits per heavy atom. The minimum atomic E-state index is -0.0192. The molecule has 2 amide bonds. The summed E-state index contributed by atoms with van der Waals surface area (Å²) in [6, 6.07) is 11.7. The molecule has 3 rings (SSSR count). The average molecular weight is 337 g/mol. The molecule has 0 aliphatic carbocycles. The van der Waals surface area contributed by atoms with Crippen molar-refractivity contribution < 1.29 is 9.59 Å². The molecule has 5 heteroatoms. The van der Waals surface area contributed by atoms with E-state index in [0.29, 0.717) is 19.4 Å². The number of likely N-dealkylation sites (tertiary alicyclic amines) is 1. The van der Waals surface area contributed by atoms with E-state index in [4.69, 9.17) is 0 Å². The molecule has 1 saturated heterocycles. The quantitative estimate of drug-likeness (QED) is 0.910. The van der Waals surface area contributed by atoms with E-state index in [9.17, 15) is 9.59 Å². The molecule has 0 unspecified atom stereocenters. The summed E-state index contributed by atoms with van der Waals surface area (Å²) in [4.78, 5) is 30.3. The molecule has 1 aliphatic rings. The summed E-state index contributed by atoms with van der Waals surface area (Å²) in [5.74, 6) is 0.172. The number of rotatable bonds is 5. The van der Waals surface area contributed by atoms with Crippen LogP contribution < -0.4 is 5.32 Å². The first kappa shape index (κ1) is 17.1. The summed E-state index contributed by atoms with van der Waals surface area (Å²) in [5, 5.41) is 3.01. The molecule has 5 nitrogen and oxygen atoms in total. The standard InChI is InChI=1S/C20H23N3O2/c1-14-5-3-4-6-16(14)11-18(24)22-13-17-12-19(25)23(2)20(17)15-7-9-21-10-8-15/h3-10,17,20H,11-13H2,1-2H3,(H,22,24)/t17-,20-/m0/s1. The van der Waals surface area contributed by atoms with Gasteiger partial charge in [0, 0.05) is 38.3 Å². The fraction of sp³-hybridized carbons (Fsp3) is 0.350. The van der Waals surface area contributed by atoms with Crippen molar-refractivity contribution in [3.63, 3.8) is 0 Å². The number of pyridine rings is 1. The van der Waals surface area contributed by atoms with Crippen LogP contribution in [0, 0.1) is 12.8 Å². The maximum Gasteiger partial charge on any atom is 0.224 e. The number of carbonyl (C=O) groups excluding carboxylic acids is 2. The Kier molecular flexibility index (Phi) is 5.12. The van der Waals surface area contributed by atoms with Crippen molar-refractivity contribution in [1.29, 1.82) is 0 Å². The Morgan fingerprint density at radius 3 is 2.68 bits per heavy atom. The molecular weight excluding hydrogens is 314 g/mol. The Morgan fingerprint density at radius 2 is 1.96 bits per heavy atom. The highest BCUT2D eigenvalue weighted by atomic mass is 16.2. The van der Waals surface area contributed by atoms with Gasteiger partial charge < -0.3 is 10.2 Å². The van der Waals surface area contributed by atoms with Crippen LogP contribution in [-0.2, 0) is 16.0 Å². The largest absolute Gasteiger partial charge is 0.355 e. The molecule has 1 aromatic carbocycles. The highest BCUT2D eigenvalue weighted by molar-refractivity contribution is 5.81. The fourth-order valence-electron chi connectivity index (χ4n) is 3.48. The van der Waals surface area contributed by atoms with E-state index in [1.165, 1.54) is 0 Å². The van der Waals surface area contributed by atoms with E-state index in [-0.39, 0.29) is 23.8 Å². The first-order valence-corrected chi connectivity index (χ1v) is 8.53. The third-order valence-corrected chi connectivity index (χ3v) is 4.92. The van der Waals surface area contributed by atoms with Crippen molar-refractivity contribution in [2.45, 2.75) is 25.8 Å². The lowest BCUT2D eigenvalue weighted by Gasteiger charge is -2.25. The number of hydrogen-bond donors (Lipinski definition) is 1. The Balaban J connectivity index is 1.64. The van der Waals surface area contributed by atoms with Gasteiger partial charge in [-0.3, -0.25) is 14.6 Å². The van der Waals surface area contributed by atoms with E-state index in [1.54, 1.807) is 17.3 Å². The molecule has 1 aliphatic heterocycles. The highest BCUT2D eigenvalue weighted by Crippen LogP contribution is 2.36. The lowest BCUT2D eigenvalue weighted by atomic mass is 9.94. The predicted octanol–water partition coefficient (Wildman–Crippen LogP) is 2.27. The molecule has 0 spiro atoms. The van der Waals surface area contributed by atoms with Gasteiger partial charge in [0.2, 0.25) is 11.8 Å². The number of aryl methyl sites for hydroxylation is 1. The molecule has 1 N–H and O–H groups in total. The summed E-state index contributed by atoms with van der Waals surface area (Å²) in [6.07, 6.45) is 4.29. The van der Waals surface area contributed by atoms with Crippen molar-refractivity contribution in [1.82, 2.24) is 15.2 Å². The number of nitrogens with one attached hydrogen (secondary N) is 1. The lowest BCUT2D eigenvalue weighted by Crippen LogP contribution is -2.33. The molecule has 2 heterocycles. The minimum Gasteiger partial charge on any atom is -0.355 e. The van der Waals surface area contributed by atoms with Crippen molar-refractivity contribution in [2.24, 2.45) is 5.92 Å². The van der Waals surface area contributed by atoms with Crippen LogP contribution in [0.1, 0.15) is 29.2 Å². The molecule has 130 valence electrons. The molecule has 2 aromatic rings. The summed E-state index contributed by atoms with van der Waals surface area (Å²) in [5.41, 5.74) is 3.20. The van der Waals surface area contributed by atoms with E-state index >= 15 is 0 Å². The monoisotopic (exact) mass is 337 g/mol. The molecule has 0 radical (unpaired) electrons. The zero-order chi connectivity index (χ0) is 17.8. The van der Waals surface area contributed by atoms with Crippen molar-refractivity contribution in [3.05, 3.63) is 65.5 Å². The maximum absolute atomic E-state index is 12.3. The van der Waals surface area contributed by atoms with Gasteiger partial charge in [-0.25, -0.2) is 0 Å². The second-order valence-corrected chi connectivity index (χ2v) is 6.60. The van der Waals surface area contributed by atoms with Crippen molar-refractivity contribution in [2.75, 3.05) is 13.6 Å². The molecular formula is C20H23N3O2. The smallest absolute Gasteiger partial charge is 0.224 e. The van der Waals surface area contributed by atoms with Crippen LogP contribution in [0.15, 0.2) is 48.8 Å². The maximum atomic E-state index is 12.3. The number of carbonyl (C=O) groups is 2. The molecule has 1 fully saturated rings. The number of amides is 2. The van der Waals surface area contributed by atoms with Gasteiger partial charge in [-0.05, 0) is 35.7 Å². The van der Waals surface area contributed by atoms with Crippen molar-refractivity contribution >= 4 is 11.8 Å². The van der Waals surface area contributed by atoms with Crippen LogP contribution in [0.2, 0.25) is 0 Å². The van der Waals surface area contributed by atoms with Crippen LogP contribution >= 0.6 is 0 Å².